The zero-order chi connectivity index (χ0) is 21.3. The van der Waals surface area contributed by atoms with Gasteiger partial charge >= 0.3 is 0 Å². The molecule has 0 radical (unpaired) electrons. The molecule has 2 heterocycles. The fraction of sp³-hybridized carbons (Fsp3) is 0.150. The van der Waals surface area contributed by atoms with E-state index in [0.29, 0.717) is 33.2 Å². The molecule has 154 valence electrons. The van der Waals surface area contributed by atoms with Gasteiger partial charge in [-0.15, -0.1) is 0 Å². The number of H-pyrrole nitrogens is 1. The lowest BCUT2D eigenvalue weighted by Gasteiger charge is -2.06. The second-order valence-electron chi connectivity index (χ2n) is 6.25. The largest absolute Gasteiger partial charge is 0.493 e. The molecule has 0 saturated carbocycles. The second-order valence-corrected chi connectivity index (χ2v) is 7.62. The molecular formula is C20H16ClFN4O3S. The van der Waals surface area contributed by atoms with Gasteiger partial charge in [0.25, 0.3) is 0 Å². The summed E-state index contributed by atoms with van der Waals surface area (Å²) in [6.45, 7) is 0. The van der Waals surface area contributed by atoms with Crippen LogP contribution in [0.4, 0.5) is 10.1 Å². The Kier molecular flexibility index (Phi) is 5.65. The average molecular weight is 447 g/mol. The number of benzene rings is 2. The molecule has 4 aromatic rings. The van der Waals surface area contributed by atoms with Crippen LogP contribution in [0.2, 0.25) is 5.02 Å². The van der Waals surface area contributed by atoms with E-state index in [4.69, 9.17) is 21.1 Å². The maximum absolute atomic E-state index is 13.3. The molecule has 0 aliphatic rings. The number of methoxy groups -OCH3 is 2. The van der Waals surface area contributed by atoms with Gasteiger partial charge in [-0.3, -0.25) is 4.79 Å². The second kappa shape index (κ2) is 8.37. The maximum atomic E-state index is 13.3. The summed E-state index contributed by atoms with van der Waals surface area (Å²) < 4.78 is 24.0. The highest BCUT2D eigenvalue weighted by molar-refractivity contribution is 8.00. The minimum Gasteiger partial charge on any atom is -0.493 e. The number of hydrogen-bond acceptors (Lipinski definition) is 6. The van der Waals surface area contributed by atoms with Crippen LogP contribution in [-0.4, -0.2) is 40.8 Å². The Morgan fingerprint density at radius 1 is 1.20 bits per heavy atom. The summed E-state index contributed by atoms with van der Waals surface area (Å²) in [4.78, 5) is 24.3. The minimum absolute atomic E-state index is 0.0538. The lowest BCUT2D eigenvalue weighted by molar-refractivity contribution is -0.113. The van der Waals surface area contributed by atoms with Crippen molar-refractivity contribution in [2.75, 3.05) is 25.3 Å². The highest BCUT2D eigenvalue weighted by atomic mass is 35.5. The number of amides is 1. The van der Waals surface area contributed by atoms with Crippen molar-refractivity contribution in [3.05, 3.63) is 47.5 Å². The topological polar surface area (TPSA) is 89.1 Å². The maximum Gasteiger partial charge on any atom is 0.234 e. The van der Waals surface area contributed by atoms with Crippen molar-refractivity contribution >= 4 is 56.9 Å². The smallest absolute Gasteiger partial charge is 0.234 e. The third kappa shape index (κ3) is 3.86. The fourth-order valence-corrected chi connectivity index (χ4v) is 3.95. The van der Waals surface area contributed by atoms with Gasteiger partial charge in [0.15, 0.2) is 11.5 Å². The zero-order valence-electron chi connectivity index (χ0n) is 16.0. The highest BCUT2D eigenvalue weighted by Crippen LogP contribution is 2.36. The van der Waals surface area contributed by atoms with Gasteiger partial charge in [-0.25, -0.2) is 14.4 Å². The van der Waals surface area contributed by atoms with Crippen LogP contribution in [0.3, 0.4) is 0 Å². The predicted octanol–water partition coefficient (Wildman–Crippen LogP) is 4.65. The van der Waals surface area contributed by atoms with Crippen LogP contribution in [0.15, 0.2) is 41.7 Å². The lowest BCUT2D eigenvalue weighted by Crippen LogP contribution is -2.14. The molecule has 4 rings (SSSR count). The van der Waals surface area contributed by atoms with E-state index in [9.17, 15) is 9.18 Å². The molecule has 2 aromatic heterocycles. The van der Waals surface area contributed by atoms with Crippen LogP contribution < -0.4 is 14.8 Å². The van der Waals surface area contributed by atoms with Crippen molar-refractivity contribution in [3.8, 4) is 11.5 Å². The average Bonchev–Trinajstić information content (AvgIpc) is 3.11. The van der Waals surface area contributed by atoms with Crippen molar-refractivity contribution in [1.29, 1.82) is 0 Å². The first-order chi connectivity index (χ1) is 14.5. The molecule has 0 bridgehead atoms. The minimum atomic E-state index is -0.542. The Labute approximate surface area is 179 Å². The van der Waals surface area contributed by atoms with Crippen molar-refractivity contribution in [2.24, 2.45) is 0 Å². The summed E-state index contributed by atoms with van der Waals surface area (Å²) in [7, 11) is 3.14. The van der Waals surface area contributed by atoms with Crippen LogP contribution in [0, 0.1) is 5.82 Å². The number of nitrogens with one attached hydrogen (secondary N) is 2. The van der Waals surface area contributed by atoms with Crippen LogP contribution in [0.25, 0.3) is 21.9 Å². The van der Waals surface area contributed by atoms with E-state index in [-0.39, 0.29) is 16.7 Å². The number of ether oxygens (including phenoxy) is 2. The van der Waals surface area contributed by atoms with Gasteiger partial charge in [0.2, 0.25) is 5.91 Å². The number of anilines is 1. The van der Waals surface area contributed by atoms with Crippen LogP contribution >= 0.6 is 23.4 Å². The number of fused-ring (bicyclic) bond motifs is 3. The number of halogens is 2. The van der Waals surface area contributed by atoms with Gasteiger partial charge in [0.05, 0.1) is 36.0 Å². The summed E-state index contributed by atoms with van der Waals surface area (Å²) in [5.74, 6) is 0.476. The third-order valence-electron chi connectivity index (χ3n) is 4.39. The van der Waals surface area contributed by atoms with Crippen molar-refractivity contribution in [1.82, 2.24) is 15.0 Å². The van der Waals surface area contributed by atoms with E-state index in [0.717, 1.165) is 10.9 Å². The molecule has 0 fully saturated rings. The van der Waals surface area contributed by atoms with Crippen molar-refractivity contribution < 1.29 is 18.7 Å². The monoisotopic (exact) mass is 446 g/mol. The standard InChI is InChI=1S/C20H16ClFN4O3S/c1-28-15-6-11-14(7-16(15)29-2)26-19-18(11)23-9-24-20(19)30-8-17(27)25-10-3-4-13(22)12(21)5-10/h3-7,9,26H,8H2,1-2H3,(H,25,27). The van der Waals surface area contributed by atoms with Gasteiger partial charge in [-0.05, 0) is 24.3 Å². The summed E-state index contributed by atoms with van der Waals surface area (Å²) in [6.07, 6.45) is 1.45. The Balaban J connectivity index is 1.58. The molecular weight excluding hydrogens is 431 g/mol. The Morgan fingerprint density at radius 3 is 2.70 bits per heavy atom. The first-order valence-corrected chi connectivity index (χ1v) is 10.1. The lowest BCUT2D eigenvalue weighted by atomic mass is 10.2. The first-order valence-electron chi connectivity index (χ1n) is 8.76. The van der Waals surface area contributed by atoms with Crippen molar-refractivity contribution in [3.63, 3.8) is 0 Å². The molecule has 0 saturated heterocycles. The molecule has 2 aromatic carbocycles. The number of thioether (sulfide) groups is 1. The number of carbonyl (C=O) groups is 1. The SMILES string of the molecule is COc1cc2[nH]c3c(SCC(=O)Nc4ccc(F)c(Cl)c4)ncnc3c2cc1OC. The van der Waals surface area contributed by atoms with Gasteiger partial charge in [0, 0.05) is 17.1 Å². The number of carbonyl (C=O) groups excluding carboxylic acids is 1. The van der Waals surface area contributed by atoms with Crippen LogP contribution in [0.5, 0.6) is 11.5 Å². The molecule has 0 spiro atoms. The van der Waals surface area contributed by atoms with Gasteiger partial charge in [-0.1, -0.05) is 23.4 Å². The third-order valence-corrected chi connectivity index (χ3v) is 5.67. The predicted molar refractivity (Wildman–Crippen MR) is 115 cm³/mol. The normalized spacial score (nSPS) is 11.1. The molecule has 2 N–H and O–H groups in total. The van der Waals surface area contributed by atoms with Crippen LogP contribution in [-0.2, 0) is 4.79 Å². The van der Waals surface area contributed by atoms with E-state index in [1.165, 1.54) is 36.3 Å². The highest BCUT2D eigenvalue weighted by Gasteiger charge is 2.16. The van der Waals surface area contributed by atoms with E-state index < -0.39 is 5.82 Å². The number of nitrogens with zero attached hydrogens (tertiary/aromatic N) is 2. The molecule has 0 atom stereocenters. The Hall–Kier alpha value is -3.04. The molecule has 0 unspecified atom stereocenters. The molecule has 1 amide bonds. The molecule has 0 aliphatic carbocycles. The molecule has 10 heteroatoms. The summed E-state index contributed by atoms with van der Waals surface area (Å²) in [6, 6.07) is 7.69. The van der Waals surface area contributed by atoms with Gasteiger partial charge in [-0.2, -0.15) is 0 Å². The van der Waals surface area contributed by atoms with Gasteiger partial charge in [0.1, 0.15) is 22.7 Å². The van der Waals surface area contributed by atoms with Gasteiger partial charge < -0.3 is 19.8 Å². The van der Waals surface area contributed by atoms with Crippen LogP contribution in [0.1, 0.15) is 0 Å². The molecule has 0 aliphatic heterocycles. The van der Waals surface area contributed by atoms with E-state index in [2.05, 4.69) is 20.3 Å². The quantitative estimate of drug-likeness (QED) is 0.331. The number of hydrogen-bond donors (Lipinski definition) is 2. The van der Waals surface area contributed by atoms with E-state index >= 15 is 0 Å². The zero-order valence-corrected chi connectivity index (χ0v) is 17.5. The fourth-order valence-electron chi connectivity index (χ4n) is 3.01. The molecule has 7 nitrogen and oxygen atoms in total. The summed E-state index contributed by atoms with van der Waals surface area (Å²) in [5.41, 5.74) is 2.67. The Bertz CT molecular complexity index is 1260. The summed E-state index contributed by atoms with van der Waals surface area (Å²) in [5, 5.41) is 4.12. The number of rotatable bonds is 6. The van der Waals surface area contributed by atoms with E-state index in [1.807, 2.05) is 12.1 Å². The molecule has 30 heavy (non-hydrogen) atoms. The van der Waals surface area contributed by atoms with E-state index in [1.54, 1.807) is 14.2 Å². The Morgan fingerprint density at radius 2 is 1.97 bits per heavy atom. The first kappa shape index (κ1) is 20.2. The summed E-state index contributed by atoms with van der Waals surface area (Å²) >= 11 is 7.00. The number of aromatic nitrogens is 3. The van der Waals surface area contributed by atoms with Crippen molar-refractivity contribution in [2.45, 2.75) is 5.03 Å². The number of aromatic amines is 1.